The molecule has 1 saturated carbocycles. The molecule has 6 heteroatoms. The van der Waals surface area contributed by atoms with E-state index in [2.05, 4.69) is 16.5 Å². The lowest BCUT2D eigenvalue weighted by molar-refractivity contribution is -0.148. The Morgan fingerprint density at radius 3 is 2.86 bits per heavy atom. The molecule has 0 radical (unpaired) electrons. The molecule has 1 N–H and O–H groups in total. The molecular formula is C15H25N3O2S. The highest BCUT2D eigenvalue weighted by Gasteiger charge is 2.38. The van der Waals surface area contributed by atoms with Gasteiger partial charge in [-0.25, -0.2) is 0 Å². The van der Waals surface area contributed by atoms with Crippen LogP contribution < -0.4 is 5.32 Å². The third-order valence-electron chi connectivity index (χ3n) is 3.77. The molecule has 0 spiro atoms. The number of rotatable bonds is 8. The molecule has 1 aliphatic carbocycles. The lowest BCUT2D eigenvalue weighted by Gasteiger charge is -2.28. The highest BCUT2D eigenvalue weighted by atomic mass is 32.2. The summed E-state index contributed by atoms with van der Waals surface area (Å²) in [6.45, 7) is 3.95. The van der Waals surface area contributed by atoms with Crippen molar-refractivity contribution in [2.24, 2.45) is 7.05 Å². The maximum Gasteiger partial charge on any atom is 0.325 e. The Kier molecular flexibility index (Phi) is 5.32. The number of methoxy groups -OCH3 is 1. The van der Waals surface area contributed by atoms with Crippen molar-refractivity contribution in [2.75, 3.05) is 12.9 Å². The van der Waals surface area contributed by atoms with Gasteiger partial charge in [0.1, 0.15) is 5.54 Å². The van der Waals surface area contributed by atoms with Crippen molar-refractivity contribution in [2.45, 2.75) is 56.1 Å². The van der Waals surface area contributed by atoms with Crippen molar-refractivity contribution in [3.8, 4) is 0 Å². The van der Waals surface area contributed by atoms with E-state index in [1.807, 2.05) is 25.6 Å². The van der Waals surface area contributed by atoms with Gasteiger partial charge in [-0.05, 0) is 51.3 Å². The largest absolute Gasteiger partial charge is 0.468 e. The van der Waals surface area contributed by atoms with Gasteiger partial charge in [0.15, 0.2) is 0 Å². The minimum atomic E-state index is -0.557. The van der Waals surface area contributed by atoms with E-state index in [9.17, 15) is 4.79 Å². The van der Waals surface area contributed by atoms with E-state index in [0.717, 1.165) is 37.1 Å². The second kappa shape index (κ2) is 6.83. The first-order chi connectivity index (χ1) is 9.94. The summed E-state index contributed by atoms with van der Waals surface area (Å²) in [4.78, 5) is 12.0. The Hall–Kier alpha value is -1.01. The number of aromatic nitrogens is 2. The summed E-state index contributed by atoms with van der Waals surface area (Å²) < 4.78 is 6.86. The van der Waals surface area contributed by atoms with Crippen LogP contribution in [0.1, 0.15) is 38.3 Å². The van der Waals surface area contributed by atoms with Crippen LogP contribution in [0.5, 0.6) is 0 Å². The van der Waals surface area contributed by atoms with Crippen molar-refractivity contribution in [1.29, 1.82) is 0 Å². The van der Waals surface area contributed by atoms with Crippen LogP contribution in [0.15, 0.2) is 11.1 Å². The highest BCUT2D eigenvalue weighted by molar-refractivity contribution is 7.99. The lowest BCUT2D eigenvalue weighted by atomic mass is 9.96. The van der Waals surface area contributed by atoms with Crippen molar-refractivity contribution in [3.05, 3.63) is 11.8 Å². The van der Waals surface area contributed by atoms with Gasteiger partial charge in [0.05, 0.1) is 17.8 Å². The van der Waals surface area contributed by atoms with E-state index in [4.69, 9.17) is 4.74 Å². The van der Waals surface area contributed by atoms with Crippen molar-refractivity contribution in [1.82, 2.24) is 15.1 Å². The van der Waals surface area contributed by atoms with Gasteiger partial charge in [-0.3, -0.25) is 14.8 Å². The molecule has 1 fully saturated rings. The molecule has 1 unspecified atom stereocenters. The van der Waals surface area contributed by atoms with Crippen LogP contribution in [-0.4, -0.2) is 40.2 Å². The topological polar surface area (TPSA) is 56.1 Å². The van der Waals surface area contributed by atoms with Gasteiger partial charge < -0.3 is 4.74 Å². The number of nitrogens with one attached hydrogen (secondary N) is 1. The molecule has 118 valence electrons. The summed E-state index contributed by atoms with van der Waals surface area (Å²) in [5, 5.41) is 8.94. The fourth-order valence-electron chi connectivity index (χ4n) is 2.46. The Balaban J connectivity index is 1.81. The average molecular weight is 311 g/mol. The summed E-state index contributed by atoms with van der Waals surface area (Å²) in [5.74, 6) is 0.813. The summed E-state index contributed by atoms with van der Waals surface area (Å²) in [6.07, 6.45) is 4.07. The van der Waals surface area contributed by atoms with Gasteiger partial charge in [-0.15, -0.1) is 11.8 Å². The first-order valence-corrected chi connectivity index (χ1v) is 8.43. The predicted octanol–water partition coefficient (Wildman–Crippen LogP) is 2.28. The number of ether oxygens (including phenoxy) is 1. The monoisotopic (exact) mass is 311 g/mol. The van der Waals surface area contributed by atoms with Crippen LogP contribution in [0, 0.1) is 6.92 Å². The van der Waals surface area contributed by atoms with E-state index < -0.39 is 5.54 Å². The number of nitrogens with zero attached hydrogens (tertiary/aromatic N) is 2. The number of hydrogen-bond acceptors (Lipinski definition) is 5. The second-order valence-corrected chi connectivity index (χ2v) is 7.06. The Morgan fingerprint density at radius 1 is 1.62 bits per heavy atom. The minimum Gasteiger partial charge on any atom is -0.468 e. The Morgan fingerprint density at radius 2 is 2.33 bits per heavy atom. The molecule has 1 atom stereocenters. The van der Waals surface area contributed by atoms with E-state index in [0.29, 0.717) is 6.04 Å². The molecule has 0 aromatic carbocycles. The van der Waals surface area contributed by atoms with Gasteiger partial charge in [0, 0.05) is 13.1 Å². The Bertz CT molecular complexity index is 499. The molecular weight excluding hydrogens is 286 g/mol. The highest BCUT2D eigenvalue weighted by Crippen LogP contribution is 2.27. The molecule has 0 aliphatic heterocycles. The molecule has 0 saturated heterocycles. The van der Waals surface area contributed by atoms with Gasteiger partial charge in [-0.1, -0.05) is 0 Å². The average Bonchev–Trinajstić information content (AvgIpc) is 3.18. The zero-order valence-electron chi connectivity index (χ0n) is 13.3. The maximum atomic E-state index is 12.0. The molecule has 1 aromatic heterocycles. The molecule has 1 aliphatic rings. The number of aryl methyl sites for hydroxylation is 2. The van der Waals surface area contributed by atoms with Gasteiger partial charge in [-0.2, -0.15) is 5.10 Å². The van der Waals surface area contributed by atoms with Crippen molar-refractivity contribution in [3.63, 3.8) is 0 Å². The fourth-order valence-corrected chi connectivity index (χ4v) is 3.44. The zero-order valence-corrected chi connectivity index (χ0v) is 14.1. The summed E-state index contributed by atoms with van der Waals surface area (Å²) in [7, 11) is 3.42. The molecule has 1 heterocycles. The van der Waals surface area contributed by atoms with Crippen LogP contribution in [0.2, 0.25) is 0 Å². The van der Waals surface area contributed by atoms with Crippen LogP contribution in [-0.2, 0) is 16.6 Å². The number of carbonyl (C=O) groups is 1. The van der Waals surface area contributed by atoms with Crippen molar-refractivity contribution < 1.29 is 9.53 Å². The summed E-state index contributed by atoms with van der Waals surface area (Å²) in [5.41, 5.74) is 0.480. The smallest absolute Gasteiger partial charge is 0.325 e. The zero-order chi connectivity index (χ0) is 15.5. The number of esters is 1. The standard InChI is InChI=1S/C15H25N3O2S/c1-11-10-13(18(3)17-11)21-9-5-8-15(2,14(19)20-4)16-12-6-7-12/h10,12,16H,5-9H2,1-4H3. The minimum absolute atomic E-state index is 0.157. The third-order valence-corrected chi connectivity index (χ3v) is 4.94. The molecule has 0 bridgehead atoms. The first-order valence-electron chi connectivity index (χ1n) is 7.44. The second-order valence-electron chi connectivity index (χ2n) is 5.94. The predicted molar refractivity (Wildman–Crippen MR) is 84.5 cm³/mol. The Labute approximate surface area is 130 Å². The van der Waals surface area contributed by atoms with Gasteiger partial charge in [0.25, 0.3) is 0 Å². The van der Waals surface area contributed by atoms with Crippen LogP contribution in [0.3, 0.4) is 0 Å². The lowest BCUT2D eigenvalue weighted by Crippen LogP contribution is -2.51. The van der Waals surface area contributed by atoms with Crippen LogP contribution in [0.4, 0.5) is 0 Å². The van der Waals surface area contributed by atoms with E-state index in [1.165, 1.54) is 12.1 Å². The SMILES string of the molecule is COC(=O)C(C)(CCCSc1cc(C)nn1C)NC1CC1. The normalized spacial score (nSPS) is 17.5. The third kappa shape index (κ3) is 4.48. The summed E-state index contributed by atoms with van der Waals surface area (Å²) >= 11 is 1.78. The number of carbonyl (C=O) groups excluding carboxylic acids is 1. The number of thioether (sulfide) groups is 1. The summed E-state index contributed by atoms with van der Waals surface area (Å²) in [6, 6.07) is 2.58. The van der Waals surface area contributed by atoms with Gasteiger partial charge in [0.2, 0.25) is 0 Å². The maximum absolute atomic E-state index is 12.0. The number of hydrogen-bond donors (Lipinski definition) is 1. The van der Waals surface area contributed by atoms with Crippen LogP contribution >= 0.6 is 11.8 Å². The van der Waals surface area contributed by atoms with E-state index in [-0.39, 0.29) is 5.97 Å². The van der Waals surface area contributed by atoms with Gasteiger partial charge >= 0.3 is 5.97 Å². The quantitative estimate of drug-likeness (QED) is 0.453. The van der Waals surface area contributed by atoms with Crippen molar-refractivity contribution >= 4 is 17.7 Å². The molecule has 2 rings (SSSR count). The van der Waals surface area contributed by atoms with E-state index >= 15 is 0 Å². The fraction of sp³-hybridized carbons (Fsp3) is 0.733. The molecule has 0 amide bonds. The molecule has 1 aromatic rings. The van der Waals surface area contributed by atoms with E-state index in [1.54, 1.807) is 11.8 Å². The molecule has 21 heavy (non-hydrogen) atoms. The van der Waals surface area contributed by atoms with Crippen LogP contribution in [0.25, 0.3) is 0 Å². The molecule has 5 nitrogen and oxygen atoms in total. The first kappa shape index (κ1) is 16.4.